The maximum absolute atomic E-state index is 5.31. The van der Waals surface area contributed by atoms with Gasteiger partial charge in [-0.25, -0.2) is 24.9 Å². The molecule has 0 spiro atoms. The van der Waals surface area contributed by atoms with Crippen molar-refractivity contribution >= 4 is 70.7 Å². The zero-order chi connectivity index (χ0) is 37.3. The van der Waals surface area contributed by atoms with Crippen molar-refractivity contribution in [3.8, 4) is 45.3 Å². The van der Waals surface area contributed by atoms with E-state index in [2.05, 4.69) is 115 Å². The Kier molecular flexibility index (Phi) is 8.84. The molecule has 0 atom stereocenters. The van der Waals surface area contributed by atoms with Crippen LogP contribution in [0.4, 0.5) is 5.69 Å². The van der Waals surface area contributed by atoms with E-state index in [4.69, 9.17) is 24.9 Å². The third-order valence-electron chi connectivity index (χ3n) is 9.72. The summed E-state index contributed by atoms with van der Waals surface area (Å²) in [6, 6.07) is 60.3. The van der Waals surface area contributed by atoms with Crippen LogP contribution in [0.5, 0.6) is 0 Å². The van der Waals surface area contributed by atoms with Crippen molar-refractivity contribution in [1.82, 2.24) is 15.0 Å². The molecule has 264 valence electrons. The SMILES string of the molecule is C(=NC(=Nc1csc2ccccc12)c1cccc2c1sc1cccc(-c3nc(-c4ccccc4)nc(-c4ccccc4)n3)c12)c1cccc(-c2ccccc2)c1. The summed E-state index contributed by atoms with van der Waals surface area (Å²) in [5.74, 6) is 2.54. The second-order valence-electron chi connectivity index (χ2n) is 13.3. The van der Waals surface area contributed by atoms with E-state index < -0.39 is 0 Å². The average molecular weight is 754 g/mol. The van der Waals surface area contributed by atoms with Gasteiger partial charge < -0.3 is 0 Å². The van der Waals surface area contributed by atoms with Crippen molar-refractivity contribution in [3.05, 3.63) is 192 Å². The monoisotopic (exact) mass is 753 g/mol. The number of hydrogen-bond donors (Lipinski definition) is 0. The normalized spacial score (nSPS) is 12.0. The highest BCUT2D eigenvalue weighted by atomic mass is 32.1. The van der Waals surface area contributed by atoms with Crippen LogP contribution >= 0.6 is 22.7 Å². The summed E-state index contributed by atoms with van der Waals surface area (Å²) in [5, 5.41) is 5.43. The van der Waals surface area contributed by atoms with Gasteiger partial charge in [-0.1, -0.05) is 152 Å². The highest BCUT2D eigenvalue weighted by Crippen LogP contribution is 2.42. The molecule has 0 saturated heterocycles. The second kappa shape index (κ2) is 14.7. The van der Waals surface area contributed by atoms with Crippen LogP contribution in [-0.2, 0) is 0 Å². The zero-order valence-corrected chi connectivity index (χ0v) is 31.6. The Hall–Kier alpha value is -6.93. The molecule has 0 amide bonds. The van der Waals surface area contributed by atoms with Gasteiger partial charge in [-0.3, -0.25) is 0 Å². The highest BCUT2D eigenvalue weighted by molar-refractivity contribution is 7.26. The predicted octanol–water partition coefficient (Wildman–Crippen LogP) is 13.3. The first-order valence-electron chi connectivity index (χ1n) is 18.3. The van der Waals surface area contributed by atoms with Gasteiger partial charge in [-0.05, 0) is 41.0 Å². The van der Waals surface area contributed by atoms with Crippen LogP contribution in [0.15, 0.2) is 191 Å². The van der Waals surface area contributed by atoms with Gasteiger partial charge in [-0.2, -0.15) is 0 Å². The number of amidine groups is 1. The predicted molar refractivity (Wildman–Crippen MR) is 237 cm³/mol. The Morgan fingerprint density at radius 1 is 0.500 bits per heavy atom. The molecule has 10 rings (SSSR count). The van der Waals surface area contributed by atoms with Gasteiger partial charge in [0.05, 0.1) is 5.69 Å². The molecule has 10 aromatic rings. The van der Waals surface area contributed by atoms with Gasteiger partial charge in [0.1, 0.15) is 0 Å². The van der Waals surface area contributed by atoms with E-state index in [1.807, 2.05) is 72.9 Å². The lowest BCUT2D eigenvalue weighted by molar-refractivity contribution is 1.08. The number of benzene rings is 7. The highest BCUT2D eigenvalue weighted by Gasteiger charge is 2.19. The molecule has 7 heteroatoms. The third kappa shape index (κ3) is 6.49. The fraction of sp³-hybridized carbons (Fsp3) is 0. The molecular weight excluding hydrogens is 723 g/mol. The zero-order valence-electron chi connectivity index (χ0n) is 30.0. The molecule has 0 radical (unpaired) electrons. The van der Waals surface area contributed by atoms with Crippen molar-refractivity contribution in [1.29, 1.82) is 0 Å². The Labute approximate surface area is 331 Å². The lowest BCUT2D eigenvalue weighted by atomic mass is 10.0. The topological polar surface area (TPSA) is 63.4 Å². The molecule has 0 unspecified atom stereocenters. The summed E-state index contributed by atoms with van der Waals surface area (Å²) in [7, 11) is 0. The molecule has 0 N–H and O–H groups in total. The molecule has 0 aliphatic heterocycles. The van der Waals surface area contributed by atoms with Crippen molar-refractivity contribution in [2.24, 2.45) is 9.98 Å². The molecule has 5 nitrogen and oxygen atoms in total. The first-order chi connectivity index (χ1) is 27.7. The van der Waals surface area contributed by atoms with E-state index in [1.165, 1.54) is 4.70 Å². The third-order valence-corrected chi connectivity index (χ3v) is 11.9. The molecular formula is C49H31N5S2. The quantitative estimate of drug-likeness (QED) is 0.120. The Morgan fingerprint density at radius 2 is 1.09 bits per heavy atom. The minimum atomic E-state index is 0.628. The largest absolute Gasteiger partial charge is 0.236 e. The van der Waals surface area contributed by atoms with Gasteiger partial charge in [0.2, 0.25) is 0 Å². The van der Waals surface area contributed by atoms with E-state index in [0.717, 1.165) is 70.2 Å². The fourth-order valence-electron chi connectivity index (χ4n) is 7.03. The number of rotatable bonds is 7. The first-order valence-corrected chi connectivity index (χ1v) is 20.0. The van der Waals surface area contributed by atoms with Gasteiger partial charge in [-0.15, -0.1) is 22.7 Å². The van der Waals surface area contributed by atoms with E-state index in [9.17, 15) is 0 Å². The van der Waals surface area contributed by atoms with Crippen molar-refractivity contribution < 1.29 is 0 Å². The number of fused-ring (bicyclic) bond motifs is 4. The number of aliphatic imine (C=N–C) groups is 2. The van der Waals surface area contributed by atoms with Gasteiger partial charge >= 0.3 is 0 Å². The van der Waals surface area contributed by atoms with E-state index in [0.29, 0.717) is 23.3 Å². The van der Waals surface area contributed by atoms with E-state index in [1.54, 1.807) is 22.7 Å². The van der Waals surface area contributed by atoms with Crippen molar-refractivity contribution in [3.63, 3.8) is 0 Å². The van der Waals surface area contributed by atoms with E-state index in [-0.39, 0.29) is 0 Å². The lowest BCUT2D eigenvalue weighted by Crippen LogP contribution is -2.00. The number of thiophene rings is 2. The van der Waals surface area contributed by atoms with Gasteiger partial charge in [0, 0.05) is 64.1 Å². The minimum absolute atomic E-state index is 0.628. The molecule has 0 aliphatic carbocycles. The van der Waals surface area contributed by atoms with Crippen LogP contribution in [0.2, 0.25) is 0 Å². The molecule has 3 aromatic heterocycles. The summed E-state index contributed by atoms with van der Waals surface area (Å²) < 4.78 is 3.42. The Bertz CT molecular complexity index is 3020. The summed E-state index contributed by atoms with van der Waals surface area (Å²) in [4.78, 5) is 25.6. The Morgan fingerprint density at radius 3 is 1.84 bits per heavy atom. The van der Waals surface area contributed by atoms with Crippen LogP contribution in [0.1, 0.15) is 11.1 Å². The minimum Gasteiger partial charge on any atom is -0.236 e. The number of aromatic nitrogens is 3. The summed E-state index contributed by atoms with van der Waals surface area (Å²) in [6.07, 6.45) is 1.93. The summed E-state index contributed by atoms with van der Waals surface area (Å²) in [6.45, 7) is 0. The number of nitrogens with zero attached hydrogens (tertiary/aromatic N) is 5. The van der Waals surface area contributed by atoms with Crippen LogP contribution in [0.25, 0.3) is 75.5 Å². The second-order valence-corrected chi connectivity index (χ2v) is 15.3. The molecule has 0 aliphatic rings. The van der Waals surface area contributed by atoms with Gasteiger partial charge in [0.15, 0.2) is 23.3 Å². The number of hydrogen-bond acceptors (Lipinski definition) is 6. The van der Waals surface area contributed by atoms with Gasteiger partial charge in [0.25, 0.3) is 0 Å². The smallest absolute Gasteiger partial charge is 0.164 e. The Balaban J connectivity index is 1.15. The van der Waals surface area contributed by atoms with Crippen molar-refractivity contribution in [2.45, 2.75) is 0 Å². The lowest BCUT2D eigenvalue weighted by Gasteiger charge is -2.09. The summed E-state index contributed by atoms with van der Waals surface area (Å²) in [5.41, 5.74) is 7.99. The molecule has 7 aromatic carbocycles. The maximum Gasteiger partial charge on any atom is 0.164 e. The maximum atomic E-state index is 5.31. The molecule has 3 heterocycles. The first kappa shape index (κ1) is 33.6. The van der Waals surface area contributed by atoms with E-state index >= 15 is 0 Å². The fourth-order valence-corrected chi connectivity index (χ4v) is 9.14. The van der Waals surface area contributed by atoms with Crippen molar-refractivity contribution in [2.75, 3.05) is 0 Å². The molecule has 0 saturated carbocycles. The molecule has 56 heavy (non-hydrogen) atoms. The summed E-state index contributed by atoms with van der Waals surface area (Å²) >= 11 is 3.44. The average Bonchev–Trinajstić information content (AvgIpc) is 3.87. The standard InChI is InChI=1S/C49H31N5S2/c1-4-16-33(17-5-1)36-22-12-15-32(29-36)30-50-48(51-41-31-55-42-27-11-10-23-37(41)42)40-26-13-24-38-44-39(25-14-28-43(44)56-45(38)40)49-53-46(34-18-6-2-7-19-34)52-47(54-49)35-20-8-3-9-21-35/h1-31H. The molecule has 0 fully saturated rings. The van der Waals surface area contributed by atoms with Crippen LogP contribution in [0, 0.1) is 0 Å². The van der Waals surface area contributed by atoms with Crippen LogP contribution in [-0.4, -0.2) is 27.0 Å². The van der Waals surface area contributed by atoms with Crippen LogP contribution < -0.4 is 0 Å². The molecule has 0 bridgehead atoms. The van der Waals surface area contributed by atoms with Crippen LogP contribution in [0.3, 0.4) is 0 Å².